The number of nitrogens with zero attached hydrogens (tertiary/aromatic N) is 5. The number of imide groups is 1. The van der Waals surface area contributed by atoms with Gasteiger partial charge in [-0.3, -0.25) is 38.6 Å². The lowest BCUT2D eigenvalue weighted by Gasteiger charge is -2.21. The quantitative estimate of drug-likeness (QED) is 0.0979. The van der Waals surface area contributed by atoms with E-state index in [0.29, 0.717) is 82.8 Å². The molecule has 4 heterocycles. The molecule has 0 saturated carbocycles. The van der Waals surface area contributed by atoms with Crippen LogP contribution in [0.3, 0.4) is 0 Å². The normalized spacial score (nSPS) is 14.9. The lowest BCUT2D eigenvalue weighted by Crippen LogP contribution is -2.44. The van der Waals surface area contributed by atoms with Gasteiger partial charge in [-0.05, 0) is 49.9 Å². The van der Waals surface area contributed by atoms with E-state index < -0.39 is 11.9 Å². The highest BCUT2D eigenvalue weighted by Gasteiger charge is 2.31. The summed E-state index contributed by atoms with van der Waals surface area (Å²) in [5.41, 5.74) is 3.48. The summed E-state index contributed by atoms with van der Waals surface area (Å²) >= 11 is 0. The number of benzene rings is 1. The molecule has 3 amide bonds. The van der Waals surface area contributed by atoms with Crippen molar-refractivity contribution in [1.82, 2.24) is 34.4 Å². The number of imidazole rings is 1. The fraction of sp³-hybridized carbons (Fsp3) is 0.500. The fourth-order valence-electron chi connectivity index (χ4n) is 5.45. The van der Waals surface area contributed by atoms with E-state index in [0.717, 1.165) is 29.6 Å². The van der Waals surface area contributed by atoms with Crippen molar-refractivity contribution in [3.8, 4) is 0 Å². The van der Waals surface area contributed by atoms with Crippen LogP contribution in [0.1, 0.15) is 47.1 Å². The average molecular weight is 667 g/mol. The predicted octanol–water partition coefficient (Wildman–Crippen LogP) is 1.50. The SMILES string of the molecule is Cc1cc(NC(=O)c2ccnn2CCOCCOCCOCCOCCCc2ccc3c(c2)n(C)c(=O)n3C2CCC(=O)NC2=O)n[nH]1. The lowest BCUT2D eigenvalue weighted by atomic mass is 10.1. The minimum absolute atomic E-state index is 0.209. The Labute approximate surface area is 276 Å². The van der Waals surface area contributed by atoms with Gasteiger partial charge in [0.2, 0.25) is 11.8 Å². The number of carbonyl (C=O) groups is 3. The van der Waals surface area contributed by atoms with Crippen LogP contribution in [-0.4, -0.2) is 99.7 Å². The van der Waals surface area contributed by atoms with Gasteiger partial charge in [-0.25, -0.2) is 4.79 Å². The number of ether oxygens (including phenoxy) is 4. The minimum atomic E-state index is -0.694. The molecule has 5 rings (SSSR count). The van der Waals surface area contributed by atoms with Gasteiger partial charge < -0.3 is 24.3 Å². The Kier molecular flexibility index (Phi) is 12.3. The number of amides is 3. The third-order valence-electron chi connectivity index (χ3n) is 7.89. The molecule has 258 valence electrons. The van der Waals surface area contributed by atoms with E-state index >= 15 is 0 Å². The van der Waals surface area contributed by atoms with Crippen LogP contribution >= 0.6 is 0 Å². The maximum atomic E-state index is 12.9. The van der Waals surface area contributed by atoms with Crippen LogP contribution in [0.25, 0.3) is 11.0 Å². The van der Waals surface area contributed by atoms with Gasteiger partial charge in [0.1, 0.15) is 11.7 Å². The first-order valence-electron chi connectivity index (χ1n) is 16.0. The molecule has 1 unspecified atom stereocenters. The average Bonchev–Trinajstić information content (AvgIpc) is 3.77. The lowest BCUT2D eigenvalue weighted by molar-refractivity contribution is -0.135. The molecular weight excluding hydrogens is 624 g/mol. The Morgan fingerprint density at radius 1 is 0.938 bits per heavy atom. The van der Waals surface area contributed by atoms with Crippen LogP contribution in [0.2, 0.25) is 0 Å². The summed E-state index contributed by atoms with van der Waals surface area (Å²) in [5, 5.41) is 16.0. The van der Waals surface area contributed by atoms with Crippen molar-refractivity contribution in [1.29, 1.82) is 0 Å². The largest absolute Gasteiger partial charge is 0.379 e. The molecule has 1 aliphatic heterocycles. The van der Waals surface area contributed by atoms with Gasteiger partial charge in [0.15, 0.2) is 5.82 Å². The van der Waals surface area contributed by atoms with Crippen LogP contribution in [0.4, 0.5) is 5.82 Å². The van der Waals surface area contributed by atoms with Crippen LogP contribution in [0.15, 0.2) is 41.3 Å². The zero-order valence-corrected chi connectivity index (χ0v) is 27.2. The second kappa shape index (κ2) is 17.0. The van der Waals surface area contributed by atoms with Crippen molar-refractivity contribution < 1.29 is 33.3 Å². The molecule has 1 saturated heterocycles. The van der Waals surface area contributed by atoms with Crippen molar-refractivity contribution in [3.63, 3.8) is 0 Å². The van der Waals surface area contributed by atoms with Crippen LogP contribution in [-0.2, 0) is 48.5 Å². The van der Waals surface area contributed by atoms with Gasteiger partial charge >= 0.3 is 5.69 Å². The van der Waals surface area contributed by atoms with Gasteiger partial charge in [0.25, 0.3) is 5.91 Å². The number of rotatable bonds is 19. The Morgan fingerprint density at radius 3 is 2.33 bits per heavy atom. The second-order valence-corrected chi connectivity index (χ2v) is 11.4. The maximum Gasteiger partial charge on any atom is 0.329 e. The number of fused-ring (bicyclic) bond motifs is 1. The molecular formula is C32H42N8O8. The Bertz CT molecular complexity index is 1760. The maximum absolute atomic E-state index is 12.9. The molecule has 0 bridgehead atoms. The molecule has 0 spiro atoms. The number of hydrogen-bond acceptors (Lipinski definition) is 10. The van der Waals surface area contributed by atoms with E-state index in [1.165, 1.54) is 4.57 Å². The summed E-state index contributed by atoms with van der Waals surface area (Å²) in [5.74, 6) is -0.591. The molecule has 3 aromatic heterocycles. The monoisotopic (exact) mass is 666 g/mol. The van der Waals surface area contributed by atoms with Crippen molar-refractivity contribution >= 4 is 34.6 Å². The molecule has 1 aromatic carbocycles. The molecule has 0 radical (unpaired) electrons. The van der Waals surface area contributed by atoms with E-state index in [9.17, 15) is 19.2 Å². The summed E-state index contributed by atoms with van der Waals surface area (Å²) in [7, 11) is 1.69. The third kappa shape index (κ3) is 9.03. The number of carbonyl (C=O) groups excluding carboxylic acids is 3. The molecule has 1 aliphatic rings. The molecule has 16 heteroatoms. The fourth-order valence-corrected chi connectivity index (χ4v) is 5.45. The molecule has 16 nitrogen and oxygen atoms in total. The summed E-state index contributed by atoms with van der Waals surface area (Å²) in [6.07, 6.45) is 3.66. The van der Waals surface area contributed by atoms with E-state index in [2.05, 4.69) is 25.9 Å². The molecule has 1 fully saturated rings. The summed E-state index contributed by atoms with van der Waals surface area (Å²) in [6.45, 7) is 5.88. The highest BCUT2D eigenvalue weighted by Crippen LogP contribution is 2.24. The standard InChI is InChI=1S/C32H42N8O8/c1-22-20-28(37-36-22)34-30(42)25-9-10-33-39(25)11-13-46-15-17-48-19-18-47-16-14-45-12-3-4-23-5-6-24-27(21-23)38(2)32(44)40(24)26-7-8-29(41)35-31(26)43/h5-6,9-10,20-21,26H,3-4,7-8,11-19H2,1-2H3,(H,35,41,43)(H2,34,36,37,42). The van der Waals surface area contributed by atoms with Crippen molar-refractivity contribution in [2.45, 2.75) is 45.2 Å². The van der Waals surface area contributed by atoms with Crippen LogP contribution in [0, 0.1) is 6.92 Å². The van der Waals surface area contributed by atoms with E-state index in [4.69, 9.17) is 18.9 Å². The summed E-state index contributed by atoms with van der Waals surface area (Å²) < 4.78 is 27.0. The molecule has 48 heavy (non-hydrogen) atoms. The van der Waals surface area contributed by atoms with E-state index in [1.54, 1.807) is 34.6 Å². The highest BCUT2D eigenvalue weighted by atomic mass is 16.6. The first-order valence-corrected chi connectivity index (χ1v) is 16.0. The molecule has 0 aliphatic carbocycles. The Morgan fingerprint density at radius 2 is 1.65 bits per heavy atom. The second-order valence-electron chi connectivity index (χ2n) is 11.4. The van der Waals surface area contributed by atoms with Crippen LogP contribution in [0.5, 0.6) is 0 Å². The molecule has 4 aromatic rings. The molecule has 1 atom stereocenters. The number of hydrogen-bond donors (Lipinski definition) is 3. The predicted molar refractivity (Wildman–Crippen MR) is 174 cm³/mol. The number of aromatic amines is 1. The smallest absolute Gasteiger partial charge is 0.329 e. The minimum Gasteiger partial charge on any atom is -0.379 e. The van der Waals surface area contributed by atoms with Gasteiger partial charge in [-0.15, -0.1) is 0 Å². The van der Waals surface area contributed by atoms with Gasteiger partial charge in [-0.2, -0.15) is 10.2 Å². The van der Waals surface area contributed by atoms with Crippen molar-refractivity contribution in [3.05, 3.63) is 64.0 Å². The van der Waals surface area contributed by atoms with E-state index in [1.807, 2.05) is 25.1 Å². The first kappa shape index (κ1) is 34.7. The number of anilines is 1. The zero-order valence-electron chi connectivity index (χ0n) is 27.2. The zero-order chi connectivity index (χ0) is 33.9. The van der Waals surface area contributed by atoms with Gasteiger partial charge in [0.05, 0.1) is 63.8 Å². The number of nitrogens with one attached hydrogen (secondary N) is 3. The molecule has 3 N–H and O–H groups in total. The highest BCUT2D eigenvalue weighted by molar-refractivity contribution is 6.02. The van der Waals surface area contributed by atoms with E-state index in [-0.39, 0.29) is 23.9 Å². The van der Waals surface area contributed by atoms with Crippen molar-refractivity contribution in [2.75, 3.05) is 58.2 Å². The van der Waals surface area contributed by atoms with Gasteiger partial charge in [0, 0.05) is 38.0 Å². The number of H-pyrrole nitrogens is 1. The number of aryl methyl sites for hydroxylation is 3. The van der Waals surface area contributed by atoms with Crippen molar-refractivity contribution in [2.24, 2.45) is 7.05 Å². The number of piperidine rings is 1. The van der Waals surface area contributed by atoms with Gasteiger partial charge in [-0.1, -0.05) is 6.07 Å². The Balaban J connectivity index is 0.878. The third-order valence-corrected chi connectivity index (χ3v) is 7.89. The first-order chi connectivity index (χ1) is 23.3. The topological polar surface area (TPSA) is 186 Å². The Hall–Kier alpha value is -4.64. The van der Waals surface area contributed by atoms with Crippen LogP contribution < -0.4 is 16.3 Å². The summed E-state index contributed by atoms with van der Waals surface area (Å²) in [6, 6.07) is 8.48. The summed E-state index contributed by atoms with van der Waals surface area (Å²) in [4.78, 5) is 49.3. The number of aromatic nitrogens is 6.